The van der Waals surface area contributed by atoms with Gasteiger partial charge in [0, 0.05) is 25.8 Å². The highest BCUT2D eigenvalue weighted by molar-refractivity contribution is 5.64. The van der Waals surface area contributed by atoms with Crippen molar-refractivity contribution in [3.05, 3.63) is 5.56 Å². The second kappa shape index (κ2) is 5.74. The number of hydrogen-bond acceptors (Lipinski definition) is 5. The number of nitriles is 1. The molecule has 2 heterocycles. The van der Waals surface area contributed by atoms with Crippen molar-refractivity contribution in [1.29, 1.82) is 5.26 Å². The predicted octanol–water partition coefficient (Wildman–Crippen LogP) is 1.34. The molecular formula is C12H19N5O. The fourth-order valence-corrected chi connectivity index (χ4v) is 2.10. The second-order valence-corrected chi connectivity index (χ2v) is 4.47. The minimum atomic E-state index is 0.315. The zero-order valence-corrected chi connectivity index (χ0v) is 10.6. The lowest BCUT2D eigenvalue weighted by molar-refractivity contribution is 0.0903. The summed E-state index contributed by atoms with van der Waals surface area (Å²) < 4.78 is 7.00. The zero-order valence-electron chi connectivity index (χ0n) is 10.6. The molecule has 3 N–H and O–H groups in total. The number of ether oxygens (including phenoxy) is 1. The Labute approximate surface area is 107 Å². The van der Waals surface area contributed by atoms with Crippen LogP contribution in [0.1, 0.15) is 31.7 Å². The third-order valence-corrected chi connectivity index (χ3v) is 3.10. The Hall–Kier alpha value is -1.74. The minimum absolute atomic E-state index is 0.315. The minimum Gasteiger partial charge on any atom is -0.383 e. The summed E-state index contributed by atoms with van der Waals surface area (Å²) in [6.45, 7) is 4.30. The molecule has 1 aliphatic rings. The third kappa shape index (κ3) is 2.57. The van der Waals surface area contributed by atoms with Crippen LogP contribution < -0.4 is 11.1 Å². The van der Waals surface area contributed by atoms with E-state index >= 15 is 0 Å². The van der Waals surface area contributed by atoms with Crippen molar-refractivity contribution in [3.8, 4) is 6.07 Å². The van der Waals surface area contributed by atoms with Gasteiger partial charge in [-0.15, -0.1) is 0 Å². The molecular weight excluding hydrogens is 230 g/mol. The monoisotopic (exact) mass is 249 g/mol. The van der Waals surface area contributed by atoms with E-state index in [4.69, 9.17) is 15.7 Å². The molecule has 1 aromatic rings. The Bertz CT molecular complexity index is 442. The maximum atomic E-state index is 9.16. The SMILES string of the molecule is CCCn1nc(NC2CCOCC2)c(C#N)c1N. The van der Waals surface area contributed by atoms with Crippen LogP contribution >= 0.6 is 0 Å². The first-order valence-corrected chi connectivity index (χ1v) is 6.37. The summed E-state index contributed by atoms with van der Waals surface area (Å²) in [7, 11) is 0. The van der Waals surface area contributed by atoms with Crippen molar-refractivity contribution < 1.29 is 4.74 Å². The number of nitrogens with zero attached hydrogens (tertiary/aromatic N) is 3. The van der Waals surface area contributed by atoms with Crippen LogP contribution in [-0.2, 0) is 11.3 Å². The predicted molar refractivity (Wildman–Crippen MR) is 69.1 cm³/mol. The molecule has 0 aliphatic carbocycles. The topological polar surface area (TPSA) is 88.9 Å². The third-order valence-electron chi connectivity index (χ3n) is 3.10. The molecule has 1 fully saturated rings. The molecule has 0 amide bonds. The summed E-state index contributed by atoms with van der Waals surface area (Å²) in [5.74, 6) is 1.06. The average molecular weight is 249 g/mol. The quantitative estimate of drug-likeness (QED) is 0.840. The number of rotatable bonds is 4. The summed E-state index contributed by atoms with van der Waals surface area (Å²) in [5, 5.41) is 16.8. The Balaban J connectivity index is 2.16. The van der Waals surface area contributed by atoms with Crippen LogP contribution in [0.2, 0.25) is 0 Å². The van der Waals surface area contributed by atoms with Crippen LogP contribution in [0.25, 0.3) is 0 Å². The molecule has 1 aliphatic heterocycles. The van der Waals surface area contributed by atoms with Gasteiger partial charge < -0.3 is 15.8 Å². The molecule has 0 radical (unpaired) electrons. The van der Waals surface area contributed by atoms with Crippen molar-refractivity contribution in [1.82, 2.24) is 9.78 Å². The molecule has 0 aromatic carbocycles. The van der Waals surface area contributed by atoms with Gasteiger partial charge in [0.25, 0.3) is 0 Å². The lowest BCUT2D eigenvalue weighted by Crippen LogP contribution is -2.28. The molecule has 0 bridgehead atoms. The molecule has 6 nitrogen and oxygen atoms in total. The maximum absolute atomic E-state index is 9.16. The van der Waals surface area contributed by atoms with E-state index in [1.165, 1.54) is 0 Å². The summed E-state index contributed by atoms with van der Waals surface area (Å²) in [6, 6.07) is 2.45. The zero-order chi connectivity index (χ0) is 13.0. The van der Waals surface area contributed by atoms with Crippen molar-refractivity contribution >= 4 is 11.6 Å². The van der Waals surface area contributed by atoms with Gasteiger partial charge in [0.1, 0.15) is 17.5 Å². The number of aryl methyl sites for hydroxylation is 1. The highest BCUT2D eigenvalue weighted by Crippen LogP contribution is 2.23. The Kier molecular flexibility index (Phi) is 4.05. The highest BCUT2D eigenvalue weighted by Gasteiger charge is 2.20. The molecule has 1 saturated heterocycles. The second-order valence-electron chi connectivity index (χ2n) is 4.47. The normalized spacial score (nSPS) is 16.4. The van der Waals surface area contributed by atoms with Crippen LogP contribution in [-0.4, -0.2) is 29.0 Å². The first-order chi connectivity index (χ1) is 8.76. The van der Waals surface area contributed by atoms with E-state index < -0.39 is 0 Å². The first-order valence-electron chi connectivity index (χ1n) is 6.37. The average Bonchev–Trinajstić information content (AvgIpc) is 2.67. The van der Waals surface area contributed by atoms with E-state index in [9.17, 15) is 0 Å². The van der Waals surface area contributed by atoms with Crippen molar-refractivity contribution in [2.45, 2.75) is 38.8 Å². The summed E-state index contributed by atoms with van der Waals surface area (Å²) in [4.78, 5) is 0. The van der Waals surface area contributed by atoms with Crippen LogP contribution in [0.5, 0.6) is 0 Å². The summed E-state index contributed by atoms with van der Waals surface area (Å²) >= 11 is 0. The van der Waals surface area contributed by atoms with Gasteiger partial charge in [-0.1, -0.05) is 6.92 Å². The van der Waals surface area contributed by atoms with Crippen LogP contribution in [0.3, 0.4) is 0 Å². The van der Waals surface area contributed by atoms with Gasteiger partial charge in [-0.3, -0.25) is 0 Å². The molecule has 0 atom stereocenters. The molecule has 2 rings (SSSR count). The fraction of sp³-hybridized carbons (Fsp3) is 0.667. The van der Waals surface area contributed by atoms with Gasteiger partial charge in [-0.2, -0.15) is 10.4 Å². The van der Waals surface area contributed by atoms with Crippen LogP contribution in [0, 0.1) is 11.3 Å². The lowest BCUT2D eigenvalue weighted by atomic mass is 10.1. The molecule has 0 unspecified atom stereocenters. The number of aromatic nitrogens is 2. The fourth-order valence-electron chi connectivity index (χ4n) is 2.10. The Morgan fingerprint density at radius 1 is 1.56 bits per heavy atom. The van der Waals surface area contributed by atoms with Crippen LogP contribution in [0.15, 0.2) is 0 Å². The molecule has 0 saturated carbocycles. The summed E-state index contributed by atoms with van der Waals surface area (Å²) in [5.41, 5.74) is 6.37. The number of nitrogen functional groups attached to an aromatic ring is 1. The summed E-state index contributed by atoms with van der Waals surface area (Å²) in [6.07, 6.45) is 2.81. The van der Waals surface area contributed by atoms with E-state index in [0.29, 0.717) is 23.2 Å². The van der Waals surface area contributed by atoms with Crippen molar-refractivity contribution in [2.24, 2.45) is 0 Å². The van der Waals surface area contributed by atoms with E-state index in [-0.39, 0.29) is 0 Å². The Morgan fingerprint density at radius 2 is 2.28 bits per heavy atom. The number of anilines is 2. The molecule has 1 aromatic heterocycles. The van der Waals surface area contributed by atoms with Gasteiger partial charge in [-0.05, 0) is 19.3 Å². The van der Waals surface area contributed by atoms with E-state index in [1.807, 2.05) is 0 Å². The first kappa shape index (κ1) is 12.7. The van der Waals surface area contributed by atoms with Crippen molar-refractivity contribution in [2.75, 3.05) is 24.3 Å². The van der Waals surface area contributed by atoms with E-state index in [0.717, 1.165) is 39.0 Å². The molecule has 6 heteroatoms. The van der Waals surface area contributed by atoms with Gasteiger partial charge in [0.15, 0.2) is 5.82 Å². The van der Waals surface area contributed by atoms with E-state index in [2.05, 4.69) is 23.4 Å². The molecule has 18 heavy (non-hydrogen) atoms. The highest BCUT2D eigenvalue weighted by atomic mass is 16.5. The number of nitrogens with one attached hydrogen (secondary N) is 1. The lowest BCUT2D eigenvalue weighted by Gasteiger charge is -2.22. The number of nitrogens with two attached hydrogens (primary N) is 1. The maximum Gasteiger partial charge on any atom is 0.168 e. The standard InChI is InChI=1S/C12H19N5O/c1-2-5-17-11(14)10(8-13)12(16-17)15-9-3-6-18-7-4-9/h9H,2-7,14H2,1H3,(H,15,16). The van der Waals surface area contributed by atoms with Crippen molar-refractivity contribution in [3.63, 3.8) is 0 Å². The molecule has 98 valence electrons. The van der Waals surface area contributed by atoms with Gasteiger partial charge >= 0.3 is 0 Å². The van der Waals surface area contributed by atoms with Gasteiger partial charge in [-0.25, -0.2) is 4.68 Å². The van der Waals surface area contributed by atoms with E-state index in [1.54, 1.807) is 4.68 Å². The van der Waals surface area contributed by atoms with Crippen LogP contribution in [0.4, 0.5) is 11.6 Å². The van der Waals surface area contributed by atoms with Gasteiger partial charge in [0.2, 0.25) is 0 Å². The largest absolute Gasteiger partial charge is 0.383 e. The number of hydrogen-bond donors (Lipinski definition) is 2. The smallest absolute Gasteiger partial charge is 0.168 e. The molecule has 0 spiro atoms. The van der Waals surface area contributed by atoms with Gasteiger partial charge in [0.05, 0.1) is 0 Å². The Morgan fingerprint density at radius 3 is 2.89 bits per heavy atom.